The first kappa shape index (κ1) is 59.9. The van der Waals surface area contributed by atoms with E-state index in [2.05, 4.69) is 93.7 Å². The van der Waals surface area contributed by atoms with Crippen LogP contribution < -0.4 is 0 Å². The van der Waals surface area contributed by atoms with Crippen LogP contribution in [0.25, 0.3) is 0 Å². The van der Waals surface area contributed by atoms with Crippen molar-refractivity contribution >= 4 is 17.9 Å². The number of carbonyl (C=O) groups excluding carboxylic acids is 3. The van der Waals surface area contributed by atoms with Gasteiger partial charge in [0, 0.05) is 19.3 Å². The Morgan fingerprint density at radius 2 is 0.698 bits per heavy atom. The Bertz CT molecular complexity index is 1190. The summed E-state index contributed by atoms with van der Waals surface area (Å²) in [5.41, 5.74) is 0. The topological polar surface area (TPSA) is 78.9 Å². The molecule has 0 rings (SSSR count). The van der Waals surface area contributed by atoms with Gasteiger partial charge in [-0.15, -0.1) is 0 Å². The molecule has 0 aromatic rings. The van der Waals surface area contributed by atoms with E-state index in [0.717, 1.165) is 109 Å². The zero-order valence-electron chi connectivity index (χ0n) is 41.3. The maximum absolute atomic E-state index is 12.8. The molecule has 0 saturated heterocycles. The van der Waals surface area contributed by atoms with Gasteiger partial charge in [0.1, 0.15) is 13.2 Å². The Kier molecular flexibility index (Phi) is 48.9. The number of allylic oxidation sites excluding steroid dienone is 12. The van der Waals surface area contributed by atoms with E-state index in [0.29, 0.717) is 19.3 Å². The maximum atomic E-state index is 12.8. The largest absolute Gasteiger partial charge is 0.462 e. The van der Waals surface area contributed by atoms with Crippen LogP contribution in [0.15, 0.2) is 72.9 Å². The number of carbonyl (C=O) groups is 3. The van der Waals surface area contributed by atoms with Gasteiger partial charge in [0.15, 0.2) is 6.10 Å². The van der Waals surface area contributed by atoms with Crippen molar-refractivity contribution in [2.24, 2.45) is 0 Å². The van der Waals surface area contributed by atoms with Crippen LogP contribution >= 0.6 is 0 Å². The molecular weight excluding hydrogens is 781 g/mol. The predicted molar refractivity (Wildman–Crippen MR) is 270 cm³/mol. The highest BCUT2D eigenvalue weighted by molar-refractivity contribution is 5.71. The molecule has 0 aromatic heterocycles. The third kappa shape index (κ3) is 49.7. The number of unbranched alkanes of at least 4 members (excludes halogenated alkanes) is 26. The number of ether oxygens (including phenoxy) is 3. The first-order valence-corrected chi connectivity index (χ1v) is 26.5. The van der Waals surface area contributed by atoms with Crippen molar-refractivity contribution in [2.75, 3.05) is 13.2 Å². The standard InChI is InChI=1S/C57H98O6/c1-4-7-10-13-16-19-22-25-27-28-29-31-32-35-38-41-44-47-50-56(59)62-53-54(52-61-55(58)49-46-43-40-37-34-24-21-18-15-12-9-6-3)63-57(60)51-48-45-42-39-36-33-30-26-23-20-17-14-11-8-5-2/h8-9,11-12,14,17-18,20-21,23,29,31,54H,4-7,10,13,15-16,19,22,24-28,30,32-53H2,1-3H3/b11-8-,12-9-,17-14-,21-18-,23-20-,31-29-. The number of esters is 3. The molecule has 0 bridgehead atoms. The van der Waals surface area contributed by atoms with Crippen molar-refractivity contribution in [1.29, 1.82) is 0 Å². The quantitative estimate of drug-likeness (QED) is 0.0199. The van der Waals surface area contributed by atoms with Gasteiger partial charge in [0.05, 0.1) is 0 Å². The second kappa shape index (κ2) is 51.5. The fraction of sp³-hybridized carbons (Fsp3) is 0.737. The van der Waals surface area contributed by atoms with Crippen LogP contribution in [0.3, 0.4) is 0 Å². The zero-order chi connectivity index (χ0) is 45.8. The van der Waals surface area contributed by atoms with Gasteiger partial charge in [0.25, 0.3) is 0 Å². The Morgan fingerprint density at radius 3 is 1.14 bits per heavy atom. The monoisotopic (exact) mass is 879 g/mol. The highest BCUT2D eigenvalue weighted by Crippen LogP contribution is 2.15. The summed E-state index contributed by atoms with van der Waals surface area (Å²) in [6.45, 7) is 6.38. The van der Waals surface area contributed by atoms with E-state index in [1.807, 2.05) is 0 Å². The van der Waals surface area contributed by atoms with Gasteiger partial charge in [-0.3, -0.25) is 14.4 Å². The molecule has 6 heteroatoms. The Labute approximate surface area is 389 Å². The number of hydrogen-bond donors (Lipinski definition) is 0. The summed E-state index contributed by atoms with van der Waals surface area (Å²) in [6, 6.07) is 0. The minimum atomic E-state index is -0.790. The first-order valence-electron chi connectivity index (χ1n) is 26.5. The molecule has 0 aromatic carbocycles. The van der Waals surface area contributed by atoms with Gasteiger partial charge < -0.3 is 14.2 Å². The summed E-state index contributed by atoms with van der Waals surface area (Å²) >= 11 is 0. The van der Waals surface area contributed by atoms with Crippen molar-refractivity contribution in [2.45, 2.75) is 258 Å². The third-order valence-corrected chi connectivity index (χ3v) is 11.2. The van der Waals surface area contributed by atoms with Crippen molar-refractivity contribution in [3.63, 3.8) is 0 Å². The van der Waals surface area contributed by atoms with Crippen molar-refractivity contribution < 1.29 is 28.6 Å². The van der Waals surface area contributed by atoms with Crippen LogP contribution in [0.1, 0.15) is 252 Å². The Morgan fingerprint density at radius 1 is 0.349 bits per heavy atom. The smallest absolute Gasteiger partial charge is 0.306 e. The molecular formula is C57H98O6. The van der Waals surface area contributed by atoms with Crippen LogP contribution in [0.4, 0.5) is 0 Å². The summed E-state index contributed by atoms with van der Waals surface area (Å²) in [5, 5.41) is 0. The Balaban J connectivity index is 4.39. The van der Waals surface area contributed by atoms with Crippen molar-refractivity contribution in [3.05, 3.63) is 72.9 Å². The summed E-state index contributed by atoms with van der Waals surface area (Å²) in [5.74, 6) is -0.922. The highest BCUT2D eigenvalue weighted by atomic mass is 16.6. The summed E-state index contributed by atoms with van der Waals surface area (Å²) < 4.78 is 16.8. The third-order valence-electron chi connectivity index (χ3n) is 11.2. The minimum Gasteiger partial charge on any atom is -0.462 e. The normalized spacial score (nSPS) is 12.6. The van der Waals surface area contributed by atoms with E-state index in [4.69, 9.17) is 14.2 Å². The van der Waals surface area contributed by atoms with Crippen LogP contribution in [0.2, 0.25) is 0 Å². The van der Waals surface area contributed by atoms with Crippen molar-refractivity contribution in [3.8, 4) is 0 Å². The first-order chi connectivity index (χ1) is 31.0. The molecule has 0 amide bonds. The van der Waals surface area contributed by atoms with E-state index in [1.54, 1.807) is 0 Å². The molecule has 0 aliphatic rings. The predicted octanol–water partition coefficient (Wildman–Crippen LogP) is 17.4. The summed E-state index contributed by atoms with van der Waals surface area (Å²) in [7, 11) is 0. The molecule has 0 aliphatic carbocycles. The van der Waals surface area contributed by atoms with E-state index in [1.165, 1.54) is 103 Å². The lowest BCUT2D eigenvalue weighted by atomic mass is 10.1. The fourth-order valence-electron chi connectivity index (χ4n) is 7.30. The average molecular weight is 879 g/mol. The Hall–Kier alpha value is -3.15. The zero-order valence-corrected chi connectivity index (χ0v) is 41.3. The maximum Gasteiger partial charge on any atom is 0.306 e. The van der Waals surface area contributed by atoms with Gasteiger partial charge in [-0.25, -0.2) is 0 Å². The molecule has 1 atom stereocenters. The fourth-order valence-corrected chi connectivity index (χ4v) is 7.30. The SMILES string of the molecule is CC\C=C/C=C\C=C/CCCCCCCCCC(=O)OC(COC(=O)CCCCCCC/C=C\C/C=C\CC)COC(=O)CCCCCCC/C=C\CCCCCCCCCCC. The molecule has 0 spiro atoms. The summed E-state index contributed by atoms with van der Waals surface area (Å²) in [6.07, 6.45) is 64.6. The molecule has 0 fully saturated rings. The molecule has 63 heavy (non-hydrogen) atoms. The van der Waals surface area contributed by atoms with Gasteiger partial charge in [0.2, 0.25) is 0 Å². The summed E-state index contributed by atoms with van der Waals surface area (Å²) in [4.78, 5) is 38.0. The molecule has 6 nitrogen and oxygen atoms in total. The second-order valence-corrected chi connectivity index (χ2v) is 17.4. The average Bonchev–Trinajstić information content (AvgIpc) is 3.28. The van der Waals surface area contributed by atoms with Gasteiger partial charge in [-0.1, -0.05) is 216 Å². The highest BCUT2D eigenvalue weighted by Gasteiger charge is 2.19. The molecule has 0 N–H and O–H groups in total. The molecule has 0 heterocycles. The number of hydrogen-bond acceptors (Lipinski definition) is 6. The van der Waals surface area contributed by atoms with Crippen LogP contribution in [-0.2, 0) is 28.6 Å². The van der Waals surface area contributed by atoms with E-state index < -0.39 is 6.10 Å². The van der Waals surface area contributed by atoms with Gasteiger partial charge in [-0.05, 0) is 89.9 Å². The minimum absolute atomic E-state index is 0.0893. The lowest BCUT2D eigenvalue weighted by Crippen LogP contribution is -2.30. The lowest BCUT2D eigenvalue weighted by molar-refractivity contribution is -0.167. The van der Waals surface area contributed by atoms with Crippen LogP contribution in [0.5, 0.6) is 0 Å². The second-order valence-electron chi connectivity index (χ2n) is 17.4. The van der Waals surface area contributed by atoms with Crippen LogP contribution in [-0.4, -0.2) is 37.2 Å². The lowest BCUT2D eigenvalue weighted by Gasteiger charge is -2.18. The van der Waals surface area contributed by atoms with Crippen molar-refractivity contribution in [1.82, 2.24) is 0 Å². The van der Waals surface area contributed by atoms with E-state index >= 15 is 0 Å². The molecule has 0 aliphatic heterocycles. The molecule has 0 saturated carbocycles. The van der Waals surface area contributed by atoms with Crippen LogP contribution in [0, 0.1) is 0 Å². The van der Waals surface area contributed by atoms with E-state index in [9.17, 15) is 14.4 Å². The molecule has 1 unspecified atom stereocenters. The van der Waals surface area contributed by atoms with E-state index in [-0.39, 0.29) is 31.1 Å². The van der Waals surface area contributed by atoms with Gasteiger partial charge in [-0.2, -0.15) is 0 Å². The molecule has 362 valence electrons. The number of rotatable bonds is 47. The van der Waals surface area contributed by atoms with Gasteiger partial charge >= 0.3 is 17.9 Å². The molecule has 0 radical (unpaired) electrons.